The fraction of sp³-hybridized carbons (Fsp3) is 0.235. The van der Waals surface area contributed by atoms with Crippen LogP contribution in [0.4, 0.5) is 5.69 Å². The molecule has 0 spiro atoms. The molecule has 1 aliphatic heterocycles. The summed E-state index contributed by atoms with van der Waals surface area (Å²) in [7, 11) is 0. The van der Waals surface area contributed by atoms with E-state index in [9.17, 15) is 4.79 Å². The summed E-state index contributed by atoms with van der Waals surface area (Å²) in [5.74, 6) is 2.26. The van der Waals surface area contributed by atoms with E-state index in [1.165, 1.54) is 17.1 Å². The Kier molecular flexibility index (Phi) is 5.08. The summed E-state index contributed by atoms with van der Waals surface area (Å²) in [4.78, 5) is 12.3. The van der Waals surface area contributed by atoms with Gasteiger partial charge in [0.15, 0.2) is 0 Å². The third-order valence-electron chi connectivity index (χ3n) is 3.43. The first-order valence-corrected chi connectivity index (χ1v) is 9.20. The van der Waals surface area contributed by atoms with E-state index < -0.39 is 0 Å². The van der Waals surface area contributed by atoms with Crippen LogP contribution in [0.25, 0.3) is 0 Å². The van der Waals surface area contributed by atoms with E-state index in [0.717, 1.165) is 5.56 Å². The lowest BCUT2D eigenvalue weighted by Gasteiger charge is -2.10. The molecule has 1 fully saturated rings. The van der Waals surface area contributed by atoms with Crippen LogP contribution >= 0.6 is 23.5 Å². The lowest BCUT2D eigenvalue weighted by molar-refractivity contribution is 0.102. The molecule has 1 heterocycles. The van der Waals surface area contributed by atoms with Gasteiger partial charge in [0.1, 0.15) is 0 Å². The Morgan fingerprint density at radius 3 is 2.55 bits per heavy atom. The molecule has 114 valence electrons. The average molecular weight is 331 g/mol. The highest BCUT2D eigenvalue weighted by atomic mass is 32.2. The fourth-order valence-electron chi connectivity index (χ4n) is 2.29. The fourth-order valence-corrected chi connectivity index (χ4v) is 5.15. The minimum Gasteiger partial charge on any atom is -0.392 e. The number of nitrogens with one attached hydrogen (secondary N) is 1. The number of aliphatic hydroxyl groups is 1. The number of hydrogen-bond acceptors (Lipinski definition) is 4. The van der Waals surface area contributed by atoms with Gasteiger partial charge in [-0.3, -0.25) is 4.79 Å². The summed E-state index contributed by atoms with van der Waals surface area (Å²) < 4.78 is 0.498. The number of aliphatic hydroxyl groups excluding tert-OH is 1. The Bertz CT molecular complexity index is 652. The van der Waals surface area contributed by atoms with Crippen molar-refractivity contribution in [2.75, 3.05) is 16.8 Å². The first-order valence-electron chi connectivity index (χ1n) is 7.10. The molecule has 1 amide bonds. The summed E-state index contributed by atoms with van der Waals surface area (Å²) >= 11 is 3.91. The van der Waals surface area contributed by atoms with Crippen molar-refractivity contribution in [3.63, 3.8) is 0 Å². The van der Waals surface area contributed by atoms with E-state index in [1.54, 1.807) is 6.07 Å². The van der Waals surface area contributed by atoms with Crippen molar-refractivity contribution in [2.45, 2.75) is 11.2 Å². The Balaban J connectivity index is 1.69. The second kappa shape index (κ2) is 7.22. The highest BCUT2D eigenvalue weighted by Crippen LogP contribution is 2.45. The lowest BCUT2D eigenvalue weighted by atomic mass is 10.1. The van der Waals surface area contributed by atoms with Gasteiger partial charge in [-0.25, -0.2) is 0 Å². The van der Waals surface area contributed by atoms with Crippen LogP contribution in [0.2, 0.25) is 0 Å². The number of rotatable bonds is 4. The molecule has 22 heavy (non-hydrogen) atoms. The van der Waals surface area contributed by atoms with Crippen molar-refractivity contribution in [3.8, 4) is 0 Å². The van der Waals surface area contributed by atoms with Crippen LogP contribution in [0.5, 0.6) is 0 Å². The van der Waals surface area contributed by atoms with Gasteiger partial charge in [0.25, 0.3) is 5.91 Å². The Morgan fingerprint density at radius 1 is 1.14 bits per heavy atom. The normalized spacial score (nSPS) is 15.0. The molecule has 5 heteroatoms. The predicted molar refractivity (Wildman–Crippen MR) is 94.4 cm³/mol. The summed E-state index contributed by atoms with van der Waals surface area (Å²) in [6.45, 7) is -0.0326. The molecule has 0 saturated carbocycles. The standard InChI is InChI=1S/C17H17NO2S2/c19-11-12-2-1-3-15(10-12)18-16(20)13-4-6-14(7-5-13)17-21-8-9-22-17/h1-7,10,17,19H,8-9,11H2,(H,18,20). The number of anilines is 1. The molecule has 0 aliphatic carbocycles. The Morgan fingerprint density at radius 2 is 1.86 bits per heavy atom. The maximum atomic E-state index is 12.3. The zero-order chi connectivity index (χ0) is 15.4. The van der Waals surface area contributed by atoms with Crippen LogP contribution in [0, 0.1) is 0 Å². The first-order chi connectivity index (χ1) is 10.8. The maximum Gasteiger partial charge on any atom is 0.255 e. The molecule has 3 rings (SSSR count). The van der Waals surface area contributed by atoms with Gasteiger partial charge in [0, 0.05) is 22.8 Å². The van der Waals surface area contributed by atoms with Crippen LogP contribution in [0.15, 0.2) is 48.5 Å². The summed E-state index contributed by atoms with van der Waals surface area (Å²) in [5, 5.41) is 12.0. The largest absolute Gasteiger partial charge is 0.392 e. The van der Waals surface area contributed by atoms with Crippen molar-refractivity contribution in [2.24, 2.45) is 0 Å². The van der Waals surface area contributed by atoms with Gasteiger partial charge in [-0.15, -0.1) is 23.5 Å². The van der Waals surface area contributed by atoms with Crippen LogP contribution in [-0.2, 0) is 6.61 Å². The maximum absolute atomic E-state index is 12.3. The van der Waals surface area contributed by atoms with Gasteiger partial charge in [0.05, 0.1) is 11.2 Å². The highest BCUT2D eigenvalue weighted by Gasteiger charge is 2.18. The molecule has 1 saturated heterocycles. The zero-order valence-electron chi connectivity index (χ0n) is 12.0. The second-order valence-electron chi connectivity index (χ2n) is 5.01. The van der Waals surface area contributed by atoms with E-state index >= 15 is 0 Å². The van der Waals surface area contributed by atoms with Crippen molar-refractivity contribution < 1.29 is 9.90 Å². The van der Waals surface area contributed by atoms with Crippen LogP contribution in [0.3, 0.4) is 0 Å². The van der Waals surface area contributed by atoms with Crippen molar-refractivity contribution in [1.82, 2.24) is 0 Å². The smallest absolute Gasteiger partial charge is 0.255 e. The molecule has 3 nitrogen and oxygen atoms in total. The number of amides is 1. The second-order valence-corrected chi connectivity index (χ2v) is 7.73. The van der Waals surface area contributed by atoms with Gasteiger partial charge in [-0.2, -0.15) is 0 Å². The predicted octanol–water partition coefficient (Wildman–Crippen LogP) is 3.91. The molecular formula is C17H17NO2S2. The van der Waals surface area contributed by atoms with Gasteiger partial charge in [-0.05, 0) is 35.4 Å². The number of benzene rings is 2. The van der Waals surface area contributed by atoms with Crippen molar-refractivity contribution in [3.05, 3.63) is 65.2 Å². The van der Waals surface area contributed by atoms with Crippen molar-refractivity contribution >= 4 is 35.1 Å². The number of carbonyl (C=O) groups is 1. The van der Waals surface area contributed by atoms with E-state index in [2.05, 4.69) is 5.32 Å². The highest BCUT2D eigenvalue weighted by molar-refractivity contribution is 8.19. The Hall–Kier alpha value is -1.43. The van der Waals surface area contributed by atoms with Crippen LogP contribution in [0.1, 0.15) is 26.1 Å². The molecule has 0 radical (unpaired) electrons. The summed E-state index contributed by atoms with van der Waals surface area (Å²) in [6, 6.07) is 15.1. The first kappa shape index (κ1) is 15.5. The minimum atomic E-state index is -0.131. The molecule has 2 aromatic carbocycles. The van der Waals surface area contributed by atoms with Crippen LogP contribution in [-0.4, -0.2) is 22.5 Å². The molecule has 2 aromatic rings. The minimum absolute atomic E-state index is 0.0326. The van der Waals surface area contributed by atoms with Crippen molar-refractivity contribution in [1.29, 1.82) is 0 Å². The number of hydrogen-bond donors (Lipinski definition) is 2. The van der Waals surface area contributed by atoms with E-state index in [0.29, 0.717) is 15.8 Å². The molecule has 2 N–H and O–H groups in total. The van der Waals surface area contributed by atoms with Crippen LogP contribution < -0.4 is 5.32 Å². The monoisotopic (exact) mass is 331 g/mol. The van der Waals surface area contributed by atoms with E-state index in [1.807, 2.05) is 66.0 Å². The third kappa shape index (κ3) is 3.66. The van der Waals surface area contributed by atoms with Gasteiger partial charge in [-0.1, -0.05) is 24.3 Å². The Labute approximate surface area is 138 Å². The molecule has 0 bridgehead atoms. The SMILES string of the molecule is O=C(Nc1cccc(CO)c1)c1ccc(C2SCCS2)cc1. The molecule has 0 atom stereocenters. The third-order valence-corrected chi connectivity index (χ3v) is 6.54. The number of carbonyl (C=O) groups excluding carboxylic acids is 1. The van der Waals surface area contributed by atoms with Gasteiger partial charge in [0.2, 0.25) is 0 Å². The molecule has 1 aliphatic rings. The van der Waals surface area contributed by atoms with Gasteiger partial charge < -0.3 is 10.4 Å². The molecule has 0 aromatic heterocycles. The summed E-state index contributed by atoms with van der Waals surface area (Å²) in [6.07, 6.45) is 0. The average Bonchev–Trinajstić information content (AvgIpc) is 3.09. The summed E-state index contributed by atoms with van der Waals surface area (Å²) in [5.41, 5.74) is 3.39. The quantitative estimate of drug-likeness (QED) is 0.892. The topological polar surface area (TPSA) is 49.3 Å². The number of thioether (sulfide) groups is 2. The molecular weight excluding hydrogens is 314 g/mol. The van der Waals surface area contributed by atoms with E-state index in [4.69, 9.17) is 5.11 Å². The van der Waals surface area contributed by atoms with Gasteiger partial charge >= 0.3 is 0 Å². The zero-order valence-corrected chi connectivity index (χ0v) is 13.6. The molecule has 0 unspecified atom stereocenters. The van der Waals surface area contributed by atoms with E-state index in [-0.39, 0.29) is 12.5 Å². The lowest BCUT2D eigenvalue weighted by Crippen LogP contribution is -2.12.